The predicted molar refractivity (Wildman–Crippen MR) is 57.8 cm³/mol. The van der Waals surface area contributed by atoms with E-state index in [-0.39, 0.29) is 0 Å². The van der Waals surface area contributed by atoms with Crippen LogP contribution in [-0.2, 0) is 0 Å². The molecule has 2 nitrogen and oxygen atoms in total. The summed E-state index contributed by atoms with van der Waals surface area (Å²) in [6, 6.07) is 0. The van der Waals surface area contributed by atoms with Crippen molar-refractivity contribution < 1.29 is 10.2 Å². The molecule has 2 atom stereocenters. The fraction of sp³-hybridized carbons (Fsp3) is 1.00. The Bertz CT molecular complexity index is 164. The van der Waals surface area contributed by atoms with E-state index in [1.807, 2.05) is 0 Å². The normalized spacial score (nSPS) is 39.8. The van der Waals surface area contributed by atoms with Gasteiger partial charge in [0.15, 0.2) is 0 Å². The Morgan fingerprint density at radius 1 is 0.846 bits per heavy atom. The Kier molecular flexibility index (Phi) is 2.92. The summed E-state index contributed by atoms with van der Waals surface area (Å²) in [5.74, 6) is 0. The van der Waals surface area contributed by atoms with Crippen LogP contribution in [0.25, 0.3) is 0 Å². The zero-order chi connectivity index (χ0) is 9.31. The third-order valence-electron chi connectivity index (χ3n) is 4.43. The van der Waals surface area contributed by atoms with Crippen molar-refractivity contribution in [1.29, 1.82) is 0 Å². The Morgan fingerprint density at radius 3 is 1.69 bits per heavy atom. The van der Waals surface area contributed by atoms with Crippen molar-refractivity contribution in [2.45, 2.75) is 49.8 Å². The van der Waals surface area contributed by atoms with Crippen LogP contribution in [0.2, 0.25) is 0 Å². The van der Waals surface area contributed by atoms with Crippen molar-refractivity contribution in [2.24, 2.45) is 0 Å². The number of hydrogen-bond donors (Lipinski definition) is 2. The van der Waals surface area contributed by atoms with Gasteiger partial charge in [0.2, 0.25) is 0 Å². The molecule has 2 fully saturated rings. The molecule has 13 heavy (non-hydrogen) atoms. The molecule has 2 heterocycles. The predicted octanol–water partition coefficient (Wildman–Crippen LogP) is 1.74. The van der Waals surface area contributed by atoms with Crippen molar-refractivity contribution in [2.75, 3.05) is 12.7 Å². The molecule has 2 saturated heterocycles. The first kappa shape index (κ1) is 9.89. The SMILES string of the molecule is OC[PH]1(CO)C2CCCCC1CC2. The third-order valence-corrected chi connectivity index (χ3v) is 10.0. The first-order valence-electron chi connectivity index (χ1n) is 5.55. The van der Waals surface area contributed by atoms with Crippen molar-refractivity contribution in [3.8, 4) is 0 Å². The number of aliphatic hydroxyl groups is 2. The summed E-state index contributed by atoms with van der Waals surface area (Å²) in [7, 11) is -1.67. The molecule has 2 aliphatic rings. The van der Waals surface area contributed by atoms with Gasteiger partial charge in [-0.15, -0.1) is 0 Å². The van der Waals surface area contributed by atoms with Crippen LogP contribution >= 0.6 is 7.26 Å². The summed E-state index contributed by atoms with van der Waals surface area (Å²) in [6.07, 6.45) is 8.47. The molecule has 2 N–H and O–H groups in total. The minimum atomic E-state index is -1.67. The molecule has 0 aromatic rings. The molecule has 78 valence electrons. The van der Waals surface area contributed by atoms with Crippen LogP contribution in [0.15, 0.2) is 0 Å². The van der Waals surface area contributed by atoms with E-state index in [1.54, 1.807) is 0 Å². The standard InChI is InChI=1S/C10H21O2P/c11-7-13(8-12)9-3-1-2-4-10(13)6-5-9/h9-13H,1-8H2. The summed E-state index contributed by atoms with van der Waals surface area (Å²) in [5.41, 5.74) is 1.46. The van der Waals surface area contributed by atoms with Crippen LogP contribution < -0.4 is 0 Å². The average molecular weight is 204 g/mol. The molecule has 2 unspecified atom stereocenters. The van der Waals surface area contributed by atoms with Crippen molar-refractivity contribution >= 4 is 7.26 Å². The van der Waals surface area contributed by atoms with E-state index in [0.29, 0.717) is 12.7 Å². The van der Waals surface area contributed by atoms with Gasteiger partial charge in [0, 0.05) is 0 Å². The number of aliphatic hydroxyl groups excluding tert-OH is 2. The average Bonchev–Trinajstić information content (AvgIpc) is 2.36. The van der Waals surface area contributed by atoms with Crippen LogP contribution in [0.1, 0.15) is 38.5 Å². The van der Waals surface area contributed by atoms with Crippen LogP contribution in [0.3, 0.4) is 0 Å². The second kappa shape index (κ2) is 3.84. The Morgan fingerprint density at radius 2 is 1.31 bits per heavy atom. The van der Waals surface area contributed by atoms with Gasteiger partial charge in [-0.1, -0.05) is 0 Å². The van der Waals surface area contributed by atoms with Gasteiger partial charge >= 0.3 is 80.0 Å². The van der Waals surface area contributed by atoms with E-state index in [4.69, 9.17) is 0 Å². The maximum absolute atomic E-state index is 9.55. The van der Waals surface area contributed by atoms with Crippen molar-refractivity contribution in [3.63, 3.8) is 0 Å². The van der Waals surface area contributed by atoms with Crippen molar-refractivity contribution in [3.05, 3.63) is 0 Å². The van der Waals surface area contributed by atoms with E-state index in [9.17, 15) is 10.2 Å². The van der Waals surface area contributed by atoms with Gasteiger partial charge in [-0.2, -0.15) is 0 Å². The van der Waals surface area contributed by atoms with E-state index in [2.05, 4.69) is 0 Å². The van der Waals surface area contributed by atoms with Crippen LogP contribution in [0.4, 0.5) is 0 Å². The molecule has 2 bridgehead atoms. The molecule has 0 saturated carbocycles. The summed E-state index contributed by atoms with van der Waals surface area (Å²) >= 11 is 0. The molecule has 0 spiro atoms. The summed E-state index contributed by atoms with van der Waals surface area (Å²) in [5, 5.41) is 19.1. The zero-order valence-corrected chi connectivity index (χ0v) is 9.21. The molecule has 2 aliphatic heterocycles. The molecule has 0 aromatic carbocycles. The fourth-order valence-electron chi connectivity index (χ4n) is 3.52. The molecule has 0 amide bonds. The Balaban J connectivity index is 2.23. The van der Waals surface area contributed by atoms with Crippen LogP contribution in [-0.4, -0.2) is 34.2 Å². The van der Waals surface area contributed by atoms with Gasteiger partial charge < -0.3 is 0 Å². The van der Waals surface area contributed by atoms with Crippen molar-refractivity contribution in [1.82, 2.24) is 0 Å². The second-order valence-corrected chi connectivity index (χ2v) is 9.54. The molecular weight excluding hydrogens is 183 g/mol. The minimum absolute atomic E-state index is 0.332. The fourth-order valence-corrected chi connectivity index (χ4v) is 8.36. The number of hydrogen-bond acceptors (Lipinski definition) is 2. The molecule has 0 radical (unpaired) electrons. The van der Waals surface area contributed by atoms with Crippen LogP contribution in [0.5, 0.6) is 0 Å². The van der Waals surface area contributed by atoms with Gasteiger partial charge in [-0.05, 0) is 0 Å². The van der Waals surface area contributed by atoms with Gasteiger partial charge in [0.05, 0.1) is 0 Å². The van der Waals surface area contributed by atoms with Gasteiger partial charge in [-0.25, -0.2) is 0 Å². The van der Waals surface area contributed by atoms with E-state index in [0.717, 1.165) is 11.3 Å². The first-order valence-corrected chi connectivity index (χ1v) is 8.12. The summed E-state index contributed by atoms with van der Waals surface area (Å²) in [6.45, 7) is 0. The van der Waals surface area contributed by atoms with Crippen LogP contribution in [0, 0.1) is 0 Å². The molecule has 2 rings (SSSR count). The van der Waals surface area contributed by atoms with Gasteiger partial charge in [0.1, 0.15) is 0 Å². The van der Waals surface area contributed by atoms with E-state index >= 15 is 0 Å². The monoisotopic (exact) mass is 204 g/mol. The number of rotatable bonds is 2. The Labute approximate surface area is 80.7 Å². The van der Waals surface area contributed by atoms with Gasteiger partial charge in [-0.3, -0.25) is 0 Å². The van der Waals surface area contributed by atoms with E-state index < -0.39 is 7.26 Å². The third kappa shape index (κ3) is 1.44. The maximum atomic E-state index is 9.55. The van der Waals surface area contributed by atoms with E-state index in [1.165, 1.54) is 38.5 Å². The topological polar surface area (TPSA) is 40.5 Å². The Hall–Kier alpha value is 0.350. The number of fused-ring (bicyclic) bond motifs is 2. The molecule has 0 aromatic heterocycles. The summed E-state index contributed by atoms with van der Waals surface area (Å²) < 4.78 is 0. The van der Waals surface area contributed by atoms with Gasteiger partial charge in [0.25, 0.3) is 0 Å². The second-order valence-electron chi connectivity index (χ2n) is 4.81. The molecule has 3 heteroatoms. The zero-order valence-electron chi connectivity index (χ0n) is 8.21. The molecular formula is C10H21O2P. The quantitative estimate of drug-likeness (QED) is 0.673. The molecule has 0 aliphatic carbocycles. The summed E-state index contributed by atoms with van der Waals surface area (Å²) in [4.78, 5) is 0. The first-order chi connectivity index (χ1) is 6.33.